The normalized spacial score (nSPS) is 27.8. The smallest absolute Gasteiger partial charge is 0.309 e. The van der Waals surface area contributed by atoms with Crippen LogP contribution in [0, 0.1) is 5.92 Å². The summed E-state index contributed by atoms with van der Waals surface area (Å²) in [6, 6.07) is 0. The maximum atomic E-state index is 13.2. The number of hydrogen-bond donors (Lipinski definition) is 9. The van der Waals surface area contributed by atoms with Gasteiger partial charge in [-0.1, -0.05) is 0 Å². The molecule has 1 saturated heterocycles. The van der Waals surface area contributed by atoms with Gasteiger partial charge in [-0.3, -0.25) is 48.8 Å². The van der Waals surface area contributed by atoms with Gasteiger partial charge in [0.25, 0.3) is 0 Å². The first-order valence-corrected chi connectivity index (χ1v) is 18.7. The summed E-state index contributed by atoms with van der Waals surface area (Å²) in [7, 11) is 0. The van der Waals surface area contributed by atoms with E-state index < -0.39 is 72.3 Å². The first-order chi connectivity index (χ1) is 25.7. The van der Waals surface area contributed by atoms with Gasteiger partial charge in [0.2, 0.25) is 35.4 Å². The van der Waals surface area contributed by atoms with Crippen molar-refractivity contribution < 1.29 is 69.2 Å². The average molecular weight is 775 g/mol. The van der Waals surface area contributed by atoms with Gasteiger partial charge in [0.15, 0.2) is 0 Å². The predicted molar refractivity (Wildman–Crippen MR) is 186 cm³/mol. The minimum absolute atomic E-state index is 0.0357. The van der Waals surface area contributed by atoms with Gasteiger partial charge < -0.3 is 36.4 Å². The zero-order valence-corrected chi connectivity index (χ0v) is 30.7. The Morgan fingerprint density at radius 2 is 0.944 bits per heavy atom. The zero-order chi connectivity index (χ0) is 40.0. The van der Waals surface area contributed by atoms with E-state index in [0.717, 1.165) is 5.06 Å². The van der Waals surface area contributed by atoms with Crippen LogP contribution in [0.3, 0.4) is 0 Å². The Morgan fingerprint density at radius 3 is 1.37 bits per heavy atom. The van der Waals surface area contributed by atoms with Crippen LogP contribution in [-0.2, 0) is 38.4 Å². The molecule has 54 heavy (non-hydrogen) atoms. The van der Waals surface area contributed by atoms with Crippen LogP contribution < -0.4 is 16.0 Å². The Hall–Kier alpha value is -3.95. The van der Waals surface area contributed by atoms with Gasteiger partial charge in [0.05, 0.1) is 12.0 Å². The molecule has 2 aliphatic rings. The number of aliphatic carboxylic acids is 1. The molecule has 20 heteroatoms. The Balaban J connectivity index is 1.99. The van der Waals surface area contributed by atoms with Crippen LogP contribution in [0.1, 0.15) is 103 Å². The van der Waals surface area contributed by atoms with Crippen LogP contribution in [0.15, 0.2) is 0 Å². The fourth-order valence-electron chi connectivity index (χ4n) is 5.87. The molecule has 0 aromatic rings. The Labute approximate surface area is 314 Å². The Morgan fingerprint density at radius 1 is 0.537 bits per heavy atom. The van der Waals surface area contributed by atoms with Gasteiger partial charge in [0.1, 0.15) is 18.3 Å². The van der Waals surface area contributed by atoms with Gasteiger partial charge in [-0.25, -0.2) is 15.2 Å². The number of hydroxylamine groups is 6. The highest BCUT2D eigenvalue weighted by Gasteiger charge is 2.47. The van der Waals surface area contributed by atoms with Crippen molar-refractivity contribution in [2.45, 2.75) is 127 Å². The summed E-state index contributed by atoms with van der Waals surface area (Å²) in [5.74, 6) is -5.96. The third-order valence-electron chi connectivity index (χ3n) is 9.21. The molecule has 0 radical (unpaired) electrons. The Bertz CT molecular complexity index is 1240. The van der Waals surface area contributed by atoms with Crippen molar-refractivity contribution in [3.63, 3.8) is 0 Å². The van der Waals surface area contributed by atoms with E-state index >= 15 is 0 Å². The lowest BCUT2D eigenvalue weighted by atomic mass is 9.81. The van der Waals surface area contributed by atoms with E-state index in [0.29, 0.717) is 74.5 Å². The third kappa shape index (κ3) is 17.5. The minimum atomic E-state index is -1.85. The molecule has 0 unspecified atom stereocenters. The second-order valence-corrected chi connectivity index (χ2v) is 13.6. The van der Waals surface area contributed by atoms with Gasteiger partial charge in [-0.15, -0.1) is 0 Å². The maximum Gasteiger partial charge on any atom is 0.309 e. The molecule has 0 aromatic heterocycles. The molecule has 20 nitrogen and oxygen atoms in total. The largest absolute Gasteiger partial charge is 0.481 e. The summed E-state index contributed by atoms with van der Waals surface area (Å²) < 4.78 is 0. The molecule has 1 aliphatic heterocycles. The average Bonchev–Trinajstić information content (AvgIpc) is 3.14. The molecule has 9 N–H and O–H groups in total. The molecule has 1 aliphatic carbocycles. The van der Waals surface area contributed by atoms with Gasteiger partial charge in [0, 0.05) is 77.8 Å². The molecule has 2 rings (SSSR count). The number of carboxylic acids is 1. The molecule has 5 atom stereocenters. The second-order valence-electron chi connectivity index (χ2n) is 13.6. The number of nitrogens with one attached hydrogen (secondary N) is 3. The molecule has 2 fully saturated rings. The number of hydrogen-bond acceptors (Lipinski definition) is 13. The lowest BCUT2D eigenvalue weighted by Crippen LogP contribution is -2.57. The van der Waals surface area contributed by atoms with Crippen molar-refractivity contribution >= 4 is 41.4 Å². The van der Waals surface area contributed by atoms with Crippen molar-refractivity contribution in [2.24, 2.45) is 5.92 Å². The SMILES string of the molecule is O=C1CCC(=O)N(O)CCCCCNC(=O)CCC(=O)N(O)CCCCCNC(=O)CCC(=O)N(O[C@@H]2C[C@H](C(=O)O)[C@@H](O)[C@H](O)[C@H]2O)CCCCCN1. The lowest BCUT2D eigenvalue weighted by molar-refractivity contribution is -0.255. The molecular formula is C34H58N6O14. The topological polar surface area (TPSA) is 296 Å². The van der Waals surface area contributed by atoms with E-state index in [1.54, 1.807) is 0 Å². The first kappa shape index (κ1) is 46.2. The van der Waals surface area contributed by atoms with Crippen LogP contribution in [-0.4, -0.2) is 151 Å². The number of carboxylic acid groups (broad SMARTS) is 1. The zero-order valence-electron chi connectivity index (χ0n) is 30.7. The third-order valence-corrected chi connectivity index (χ3v) is 9.21. The summed E-state index contributed by atoms with van der Waals surface area (Å²) in [4.78, 5) is 91.8. The van der Waals surface area contributed by atoms with Crippen LogP contribution in [0.2, 0.25) is 0 Å². The number of amides is 6. The fourth-order valence-corrected chi connectivity index (χ4v) is 5.87. The van der Waals surface area contributed by atoms with Gasteiger partial charge in [-0.2, -0.15) is 0 Å². The number of carbonyl (C=O) groups excluding carboxylic acids is 6. The van der Waals surface area contributed by atoms with Crippen molar-refractivity contribution in [3.8, 4) is 0 Å². The quantitative estimate of drug-likeness (QED) is 0.155. The lowest BCUT2D eigenvalue weighted by Gasteiger charge is -2.40. The van der Waals surface area contributed by atoms with E-state index in [9.17, 15) is 64.4 Å². The summed E-state index contributed by atoms with van der Waals surface area (Å²) in [6.07, 6.45) is -3.83. The van der Waals surface area contributed by atoms with Crippen LogP contribution in [0.5, 0.6) is 0 Å². The summed E-state index contributed by atoms with van der Waals surface area (Å²) in [5.41, 5.74) is 0. The van der Waals surface area contributed by atoms with Crippen molar-refractivity contribution in [2.75, 3.05) is 39.3 Å². The summed E-state index contributed by atoms with van der Waals surface area (Å²) >= 11 is 0. The molecule has 1 saturated carbocycles. The van der Waals surface area contributed by atoms with Gasteiger partial charge >= 0.3 is 5.97 Å². The van der Waals surface area contributed by atoms with Crippen LogP contribution in [0.25, 0.3) is 0 Å². The highest BCUT2D eigenvalue weighted by atomic mass is 16.7. The van der Waals surface area contributed by atoms with Crippen LogP contribution in [0.4, 0.5) is 0 Å². The van der Waals surface area contributed by atoms with Crippen molar-refractivity contribution in [1.82, 2.24) is 31.1 Å². The molecule has 308 valence electrons. The standard InChI is InChI=1S/C34H58N6O14/c41-25-10-13-28(44)39(53)20-8-2-5-17-37-27(43)12-15-30(46)40(54-24-22-23(34(50)51)31(47)33(49)32(24)48)21-9-3-6-18-36-26(42)11-14-29(45)38(52)19-7-1-4-16-35-25/h23-24,31-33,47-49,52-53H,1-22H2,(H,35,41)(H,36,42)(H,37,43)(H,50,51)/t23-,24+,31+,32-,33-/m0/s1. The molecule has 0 bridgehead atoms. The number of rotatable bonds is 3. The fraction of sp³-hybridized carbons (Fsp3) is 0.794. The number of aliphatic hydroxyl groups excluding tert-OH is 3. The van der Waals surface area contributed by atoms with Crippen molar-refractivity contribution in [1.29, 1.82) is 0 Å². The van der Waals surface area contributed by atoms with E-state index in [1.165, 1.54) is 0 Å². The van der Waals surface area contributed by atoms with Crippen LogP contribution >= 0.6 is 0 Å². The Kier molecular flexibility index (Phi) is 21.6. The molecule has 6 amide bonds. The van der Waals surface area contributed by atoms with Crippen molar-refractivity contribution in [3.05, 3.63) is 0 Å². The van der Waals surface area contributed by atoms with E-state index in [2.05, 4.69) is 16.0 Å². The molecule has 0 spiro atoms. The molecular weight excluding hydrogens is 716 g/mol. The summed E-state index contributed by atoms with van der Waals surface area (Å²) in [5, 5.41) is 70.4. The highest BCUT2D eigenvalue weighted by molar-refractivity contribution is 5.84. The highest BCUT2D eigenvalue weighted by Crippen LogP contribution is 2.29. The first-order valence-electron chi connectivity index (χ1n) is 18.7. The maximum absolute atomic E-state index is 13.2. The predicted octanol–water partition coefficient (Wildman–Crippen LogP) is -1.05. The number of aliphatic hydroxyl groups is 3. The van der Waals surface area contributed by atoms with E-state index in [-0.39, 0.29) is 77.2 Å². The molecule has 0 aromatic carbocycles. The second kappa shape index (κ2) is 25.2. The summed E-state index contributed by atoms with van der Waals surface area (Å²) in [6.45, 7) is 0.907. The molecule has 1 heterocycles. The minimum Gasteiger partial charge on any atom is -0.481 e. The number of nitrogens with zero attached hydrogens (tertiary/aromatic N) is 3. The monoisotopic (exact) mass is 774 g/mol. The van der Waals surface area contributed by atoms with E-state index in [1.807, 2.05) is 0 Å². The number of carbonyl (C=O) groups is 7. The van der Waals surface area contributed by atoms with E-state index in [4.69, 9.17) is 4.84 Å². The van der Waals surface area contributed by atoms with Gasteiger partial charge in [-0.05, 0) is 64.2 Å².